The van der Waals surface area contributed by atoms with Crippen LogP contribution in [0.25, 0.3) is 0 Å². The number of carbonyl (C=O) groups is 1. The molecular formula is C16H23N3O2. The summed E-state index contributed by atoms with van der Waals surface area (Å²) in [6, 6.07) is 7.77. The first kappa shape index (κ1) is 14.2. The average Bonchev–Trinajstić information content (AvgIpc) is 2.55. The smallest absolute Gasteiger partial charge is 0.265 e. The fourth-order valence-electron chi connectivity index (χ4n) is 2.96. The zero-order valence-electron chi connectivity index (χ0n) is 12.5. The summed E-state index contributed by atoms with van der Waals surface area (Å²) in [5.74, 6) is 0.875. The van der Waals surface area contributed by atoms with Gasteiger partial charge in [-0.15, -0.1) is 0 Å². The SMILES string of the molecule is CCCN1CCN(C(=O)C2CNc3ccccc3O2)CC1. The molecule has 2 aliphatic rings. The third kappa shape index (κ3) is 3.13. The number of rotatable bonds is 3. The first-order valence-electron chi connectivity index (χ1n) is 7.78. The van der Waals surface area contributed by atoms with Crippen LogP contribution in [-0.2, 0) is 4.79 Å². The van der Waals surface area contributed by atoms with E-state index in [0.717, 1.165) is 44.2 Å². The number of hydrogen-bond acceptors (Lipinski definition) is 4. The Morgan fingerprint density at radius 2 is 2.05 bits per heavy atom. The molecule has 0 radical (unpaired) electrons. The molecule has 0 saturated carbocycles. The molecule has 2 aliphatic heterocycles. The number of anilines is 1. The molecule has 1 saturated heterocycles. The Morgan fingerprint density at radius 3 is 2.81 bits per heavy atom. The molecule has 1 unspecified atom stereocenters. The van der Waals surface area contributed by atoms with Gasteiger partial charge < -0.3 is 15.0 Å². The Labute approximate surface area is 125 Å². The molecule has 1 fully saturated rings. The molecule has 2 heterocycles. The lowest BCUT2D eigenvalue weighted by atomic mass is 10.2. The monoisotopic (exact) mass is 289 g/mol. The lowest BCUT2D eigenvalue weighted by molar-refractivity contribution is -0.140. The number of carbonyl (C=O) groups excluding carboxylic acids is 1. The van der Waals surface area contributed by atoms with Gasteiger partial charge >= 0.3 is 0 Å². The molecule has 5 nitrogen and oxygen atoms in total. The number of nitrogens with one attached hydrogen (secondary N) is 1. The molecule has 1 N–H and O–H groups in total. The van der Waals surface area contributed by atoms with Gasteiger partial charge in [0.05, 0.1) is 12.2 Å². The van der Waals surface area contributed by atoms with Crippen molar-refractivity contribution in [2.24, 2.45) is 0 Å². The van der Waals surface area contributed by atoms with E-state index in [2.05, 4.69) is 17.1 Å². The Morgan fingerprint density at radius 1 is 1.29 bits per heavy atom. The summed E-state index contributed by atoms with van der Waals surface area (Å²) in [4.78, 5) is 16.9. The third-order valence-electron chi connectivity index (χ3n) is 4.13. The number of nitrogens with zero attached hydrogens (tertiary/aromatic N) is 2. The highest BCUT2D eigenvalue weighted by atomic mass is 16.5. The van der Waals surface area contributed by atoms with Gasteiger partial charge in [-0.1, -0.05) is 19.1 Å². The van der Waals surface area contributed by atoms with Crippen molar-refractivity contribution >= 4 is 11.6 Å². The van der Waals surface area contributed by atoms with Gasteiger partial charge in [0.1, 0.15) is 5.75 Å². The summed E-state index contributed by atoms with van der Waals surface area (Å²) < 4.78 is 5.85. The molecule has 1 amide bonds. The van der Waals surface area contributed by atoms with Crippen LogP contribution in [0.1, 0.15) is 13.3 Å². The van der Waals surface area contributed by atoms with Gasteiger partial charge in [0.15, 0.2) is 6.10 Å². The van der Waals surface area contributed by atoms with Crippen molar-refractivity contribution in [2.75, 3.05) is 44.6 Å². The van der Waals surface area contributed by atoms with E-state index >= 15 is 0 Å². The van der Waals surface area contributed by atoms with E-state index < -0.39 is 6.10 Å². The molecule has 3 rings (SSSR count). The van der Waals surface area contributed by atoms with Crippen molar-refractivity contribution in [3.05, 3.63) is 24.3 Å². The quantitative estimate of drug-likeness (QED) is 0.914. The van der Waals surface area contributed by atoms with Crippen LogP contribution in [0.15, 0.2) is 24.3 Å². The number of amides is 1. The van der Waals surface area contributed by atoms with Crippen molar-refractivity contribution in [2.45, 2.75) is 19.4 Å². The van der Waals surface area contributed by atoms with E-state index in [1.165, 1.54) is 6.42 Å². The summed E-state index contributed by atoms with van der Waals surface area (Å²) >= 11 is 0. The van der Waals surface area contributed by atoms with E-state index in [0.29, 0.717) is 6.54 Å². The molecular weight excluding hydrogens is 266 g/mol. The average molecular weight is 289 g/mol. The molecule has 1 aromatic carbocycles. The van der Waals surface area contributed by atoms with Crippen LogP contribution >= 0.6 is 0 Å². The summed E-state index contributed by atoms with van der Waals surface area (Å²) in [5.41, 5.74) is 0.967. The number of benzene rings is 1. The van der Waals surface area contributed by atoms with E-state index in [-0.39, 0.29) is 5.91 Å². The number of ether oxygens (including phenoxy) is 1. The molecule has 114 valence electrons. The van der Waals surface area contributed by atoms with Crippen LogP contribution in [0, 0.1) is 0 Å². The van der Waals surface area contributed by atoms with E-state index in [1.807, 2.05) is 29.2 Å². The number of para-hydroxylation sites is 2. The second-order valence-electron chi connectivity index (χ2n) is 5.65. The van der Waals surface area contributed by atoms with Gasteiger partial charge in [-0.3, -0.25) is 9.69 Å². The van der Waals surface area contributed by atoms with Gasteiger partial charge in [0.2, 0.25) is 0 Å². The van der Waals surface area contributed by atoms with Gasteiger partial charge in [0, 0.05) is 26.2 Å². The first-order chi connectivity index (χ1) is 10.3. The molecule has 1 atom stereocenters. The Bertz CT molecular complexity index is 498. The maximum atomic E-state index is 12.6. The fraction of sp³-hybridized carbons (Fsp3) is 0.562. The largest absolute Gasteiger partial charge is 0.477 e. The normalized spacial score (nSPS) is 22.1. The van der Waals surface area contributed by atoms with E-state index in [9.17, 15) is 4.79 Å². The second kappa shape index (κ2) is 6.35. The van der Waals surface area contributed by atoms with Crippen LogP contribution < -0.4 is 10.1 Å². The lowest BCUT2D eigenvalue weighted by Gasteiger charge is -2.37. The minimum absolute atomic E-state index is 0.105. The summed E-state index contributed by atoms with van der Waals surface area (Å²) in [7, 11) is 0. The molecule has 0 aliphatic carbocycles. The topological polar surface area (TPSA) is 44.8 Å². The molecule has 1 aromatic rings. The van der Waals surface area contributed by atoms with Crippen molar-refractivity contribution in [1.82, 2.24) is 9.80 Å². The maximum Gasteiger partial charge on any atom is 0.265 e. The fourth-order valence-corrected chi connectivity index (χ4v) is 2.96. The van der Waals surface area contributed by atoms with E-state index in [1.54, 1.807) is 0 Å². The van der Waals surface area contributed by atoms with Gasteiger partial charge in [0.25, 0.3) is 5.91 Å². The predicted molar refractivity (Wildman–Crippen MR) is 82.7 cm³/mol. The minimum atomic E-state index is -0.405. The van der Waals surface area contributed by atoms with Crippen LogP contribution in [0.3, 0.4) is 0 Å². The predicted octanol–water partition coefficient (Wildman–Crippen LogP) is 1.41. The van der Waals surface area contributed by atoms with Crippen molar-refractivity contribution < 1.29 is 9.53 Å². The number of piperazine rings is 1. The van der Waals surface area contributed by atoms with Crippen molar-refractivity contribution in [3.8, 4) is 5.75 Å². The molecule has 5 heteroatoms. The molecule has 0 spiro atoms. The highest BCUT2D eigenvalue weighted by Gasteiger charge is 2.31. The summed E-state index contributed by atoms with van der Waals surface area (Å²) in [5, 5.41) is 3.28. The van der Waals surface area contributed by atoms with E-state index in [4.69, 9.17) is 4.74 Å². The minimum Gasteiger partial charge on any atom is -0.477 e. The summed E-state index contributed by atoms with van der Waals surface area (Å²) in [6.07, 6.45) is 0.762. The highest BCUT2D eigenvalue weighted by Crippen LogP contribution is 2.28. The van der Waals surface area contributed by atoms with Gasteiger partial charge in [-0.2, -0.15) is 0 Å². The second-order valence-corrected chi connectivity index (χ2v) is 5.65. The van der Waals surface area contributed by atoms with Crippen LogP contribution in [0.2, 0.25) is 0 Å². The first-order valence-corrected chi connectivity index (χ1v) is 7.78. The maximum absolute atomic E-state index is 12.6. The zero-order chi connectivity index (χ0) is 14.7. The van der Waals surface area contributed by atoms with Gasteiger partial charge in [-0.05, 0) is 25.1 Å². The molecule has 0 bridgehead atoms. The summed E-state index contributed by atoms with van der Waals surface area (Å²) in [6.45, 7) is 7.41. The van der Waals surface area contributed by atoms with Gasteiger partial charge in [-0.25, -0.2) is 0 Å². The highest BCUT2D eigenvalue weighted by molar-refractivity contribution is 5.83. The van der Waals surface area contributed by atoms with Crippen molar-refractivity contribution in [3.63, 3.8) is 0 Å². The lowest BCUT2D eigenvalue weighted by Crippen LogP contribution is -2.54. The molecule has 0 aromatic heterocycles. The number of hydrogen-bond donors (Lipinski definition) is 1. The number of fused-ring (bicyclic) bond motifs is 1. The third-order valence-corrected chi connectivity index (χ3v) is 4.13. The standard InChI is InChI=1S/C16H23N3O2/c1-2-7-18-8-10-19(11-9-18)16(20)15-12-17-13-5-3-4-6-14(13)21-15/h3-6,15,17H,2,7-12H2,1H3. The Kier molecular flexibility index (Phi) is 4.29. The van der Waals surface area contributed by atoms with Crippen LogP contribution in [-0.4, -0.2) is 61.1 Å². The van der Waals surface area contributed by atoms with Crippen molar-refractivity contribution in [1.29, 1.82) is 0 Å². The zero-order valence-corrected chi connectivity index (χ0v) is 12.5. The van der Waals surface area contributed by atoms with Crippen LogP contribution in [0.5, 0.6) is 5.75 Å². The Balaban J connectivity index is 1.57. The van der Waals surface area contributed by atoms with Crippen LogP contribution in [0.4, 0.5) is 5.69 Å². The molecule has 21 heavy (non-hydrogen) atoms. The Hall–Kier alpha value is -1.75.